The summed E-state index contributed by atoms with van der Waals surface area (Å²) in [7, 11) is 0. The van der Waals surface area contributed by atoms with Gasteiger partial charge in [0, 0.05) is 48.5 Å². The fourth-order valence-electron chi connectivity index (χ4n) is 6.48. The molecule has 0 radical (unpaired) electrons. The molecule has 2 aliphatic rings. The van der Waals surface area contributed by atoms with E-state index in [0.717, 1.165) is 30.5 Å². The van der Waals surface area contributed by atoms with Crippen LogP contribution in [0.4, 0.5) is 5.69 Å². The average molecular weight is 708 g/mol. The highest BCUT2D eigenvalue weighted by atomic mass is 35.5. The fraction of sp³-hybridized carbons (Fsp3) is 0.429. The van der Waals surface area contributed by atoms with Gasteiger partial charge in [0.15, 0.2) is 5.15 Å². The Balaban J connectivity index is 1.31. The number of rotatable bonds is 5. The van der Waals surface area contributed by atoms with E-state index in [9.17, 15) is 14.4 Å². The number of aromatic nitrogens is 5. The normalized spacial score (nSPS) is 19.2. The van der Waals surface area contributed by atoms with E-state index < -0.39 is 11.6 Å². The van der Waals surface area contributed by atoms with E-state index >= 15 is 0 Å². The first kappa shape index (κ1) is 34.6. The van der Waals surface area contributed by atoms with Crippen molar-refractivity contribution < 1.29 is 14.3 Å². The lowest BCUT2D eigenvalue weighted by Gasteiger charge is -2.42. The second-order valence-corrected chi connectivity index (χ2v) is 14.3. The van der Waals surface area contributed by atoms with Gasteiger partial charge in [-0.2, -0.15) is 0 Å². The molecular weight excluding hydrogens is 667 g/mol. The second kappa shape index (κ2) is 14.7. The summed E-state index contributed by atoms with van der Waals surface area (Å²) in [5.74, 6) is -0.380. The van der Waals surface area contributed by atoms with Crippen LogP contribution in [0.2, 0.25) is 10.2 Å². The Morgan fingerprint density at radius 2 is 1.86 bits per heavy atom. The largest absolute Gasteiger partial charge is 0.459 e. The zero-order valence-electron chi connectivity index (χ0n) is 27.8. The maximum atomic E-state index is 13.9. The van der Waals surface area contributed by atoms with Gasteiger partial charge in [-0.05, 0) is 69.5 Å². The number of halogens is 2. The number of hydrogen-bond donors (Lipinski definition) is 1. The predicted octanol–water partition coefficient (Wildman–Crippen LogP) is 4.91. The van der Waals surface area contributed by atoms with E-state index in [0.29, 0.717) is 54.6 Å². The van der Waals surface area contributed by atoms with E-state index in [4.69, 9.17) is 32.9 Å². The van der Waals surface area contributed by atoms with Crippen molar-refractivity contribution in [1.82, 2.24) is 34.8 Å². The molecule has 14 heteroatoms. The second-order valence-electron chi connectivity index (χ2n) is 13.4. The molecule has 1 saturated heterocycles. The first-order valence-electron chi connectivity index (χ1n) is 16.5. The zero-order valence-corrected chi connectivity index (χ0v) is 29.3. The van der Waals surface area contributed by atoms with Gasteiger partial charge in [-0.25, -0.2) is 9.67 Å². The Morgan fingerprint density at radius 3 is 2.61 bits per heavy atom. The van der Waals surface area contributed by atoms with Crippen molar-refractivity contribution in [3.63, 3.8) is 0 Å². The molecule has 1 amide bonds. The summed E-state index contributed by atoms with van der Waals surface area (Å²) >= 11 is 12.4. The molecule has 4 heterocycles. The average Bonchev–Trinajstić information content (AvgIpc) is 3.49. The monoisotopic (exact) mass is 706 g/mol. The number of nitrogens with one attached hydrogen (secondary N) is 1. The Morgan fingerprint density at radius 1 is 1.02 bits per heavy atom. The highest BCUT2D eigenvalue weighted by Gasteiger charge is 2.34. The van der Waals surface area contributed by atoms with Gasteiger partial charge in [-0.15, -0.1) is 5.10 Å². The van der Waals surface area contributed by atoms with Crippen LogP contribution in [0.5, 0.6) is 0 Å². The topological polar surface area (TPSA) is 127 Å². The van der Waals surface area contributed by atoms with Crippen LogP contribution in [-0.2, 0) is 14.3 Å². The SMILES string of the molecule is CC(C)(C)OC(=O)CN1CCN2c3cccc(c3)C(n3cnc(-c4cc(Cl)ccc4-n4cc(Cl)nn4)cc3=O)CCCCCNC(=O)[C@H]2C1. The summed E-state index contributed by atoms with van der Waals surface area (Å²) in [6, 6.07) is 14.0. The number of piperazine rings is 1. The highest BCUT2D eigenvalue weighted by Crippen LogP contribution is 2.31. The molecule has 0 saturated carbocycles. The third-order valence-electron chi connectivity index (χ3n) is 8.70. The van der Waals surface area contributed by atoms with Crippen LogP contribution in [0, 0.1) is 0 Å². The summed E-state index contributed by atoms with van der Waals surface area (Å²) in [5.41, 5.74) is 2.73. The number of benzene rings is 2. The van der Waals surface area contributed by atoms with Gasteiger partial charge in [0.1, 0.15) is 11.6 Å². The number of hydrogen-bond acceptors (Lipinski definition) is 9. The minimum absolute atomic E-state index is 0.0698. The third-order valence-corrected chi connectivity index (χ3v) is 9.11. The molecule has 2 aromatic carbocycles. The molecule has 1 N–H and O–H groups in total. The molecule has 2 bridgehead atoms. The summed E-state index contributed by atoms with van der Waals surface area (Å²) < 4.78 is 8.75. The molecule has 49 heavy (non-hydrogen) atoms. The van der Waals surface area contributed by atoms with Crippen molar-refractivity contribution in [2.75, 3.05) is 37.6 Å². The Hall–Kier alpha value is -4.26. The number of ether oxygens (including phenoxy) is 1. The van der Waals surface area contributed by atoms with E-state index in [2.05, 4.69) is 26.6 Å². The van der Waals surface area contributed by atoms with Gasteiger partial charge in [-0.1, -0.05) is 53.4 Å². The van der Waals surface area contributed by atoms with Crippen molar-refractivity contribution in [1.29, 1.82) is 0 Å². The Labute approximate surface area is 295 Å². The molecule has 4 aromatic rings. The standard InChI is InChI=1S/C35H40Cl2N8O4/c1-35(2,3)49-33(47)21-42-14-15-43-25-9-7-8-23(16-25)28(10-5-4-6-13-38-34(48)30(43)19-42)44-22-39-27(18-32(44)46)26-17-24(36)11-12-29(26)45-20-31(37)40-41-45/h7-9,11-12,16-18,20,22,28,30H,4-6,10,13-15,19,21H2,1-3H3,(H,38,48)/t28?,30-/m1/s1. The predicted molar refractivity (Wildman–Crippen MR) is 188 cm³/mol. The van der Waals surface area contributed by atoms with Crippen LogP contribution in [-0.4, -0.2) is 85.7 Å². The van der Waals surface area contributed by atoms with Crippen LogP contribution in [0.15, 0.2) is 65.8 Å². The van der Waals surface area contributed by atoms with E-state index in [-0.39, 0.29) is 35.2 Å². The van der Waals surface area contributed by atoms with Crippen molar-refractivity contribution in [2.45, 2.75) is 64.1 Å². The fourth-order valence-corrected chi connectivity index (χ4v) is 6.78. The molecule has 12 nitrogen and oxygen atoms in total. The first-order valence-corrected chi connectivity index (χ1v) is 17.3. The maximum Gasteiger partial charge on any atom is 0.320 e. The van der Waals surface area contributed by atoms with Crippen molar-refractivity contribution >= 4 is 40.8 Å². The number of fused-ring (bicyclic) bond motifs is 4. The summed E-state index contributed by atoms with van der Waals surface area (Å²) in [6.07, 6.45) is 6.41. The molecule has 6 rings (SSSR count). The van der Waals surface area contributed by atoms with Crippen LogP contribution in [0.3, 0.4) is 0 Å². The molecule has 2 aromatic heterocycles. The number of anilines is 1. The highest BCUT2D eigenvalue weighted by molar-refractivity contribution is 6.31. The molecule has 2 aliphatic heterocycles. The van der Waals surface area contributed by atoms with Crippen molar-refractivity contribution in [3.8, 4) is 16.9 Å². The van der Waals surface area contributed by atoms with Gasteiger partial charge in [0.2, 0.25) is 5.91 Å². The first-order chi connectivity index (χ1) is 23.4. The number of carbonyl (C=O) groups is 2. The molecule has 2 atom stereocenters. The Bertz CT molecular complexity index is 1890. The number of carbonyl (C=O) groups excluding carboxylic acids is 2. The maximum absolute atomic E-state index is 13.9. The molecule has 258 valence electrons. The van der Waals surface area contributed by atoms with E-state index in [1.807, 2.05) is 43.9 Å². The molecular formula is C35H40Cl2N8O4. The van der Waals surface area contributed by atoms with E-state index in [1.54, 1.807) is 35.3 Å². The van der Waals surface area contributed by atoms with Gasteiger partial charge in [0.25, 0.3) is 5.56 Å². The lowest BCUT2D eigenvalue weighted by atomic mass is 9.98. The van der Waals surface area contributed by atoms with Crippen molar-refractivity contribution in [2.24, 2.45) is 0 Å². The van der Waals surface area contributed by atoms with Gasteiger partial charge in [0.05, 0.1) is 36.5 Å². The van der Waals surface area contributed by atoms with Gasteiger partial charge < -0.3 is 15.0 Å². The zero-order chi connectivity index (χ0) is 34.7. The summed E-state index contributed by atoms with van der Waals surface area (Å²) in [5, 5.41) is 11.8. The molecule has 1 fully saturated rings. The molecule has 0 spiro atoms. The minimum Gasteiger partial charge on any atom is -0.459 e. The summed E-state index contributed by atoms with van der Waals surface area (Å²) in [6.45, 7) is 7.72. The quantitative estimate of drug-likeness (QED) is 0.288. The van der Waals surface area contributed by atoms with Gasteiger partial charge in [-0.3, -0.25) is 23.9 Å². The number of esters is 1. The smallest absolute Gasteiger partial charge is 0.320 e. The number of nitrogens with zero attached hydrogens (tertiary/aromatic N) is 7. The molecule has 1 unspecified atom stereocenters. The van der Waals surface area contributed by atoms with Crippen LogP contribution < -0.4 is 15.8 Å². The molecule has 0 aliphatic carbocycles. The van der Waals surface area contributed by atoms with Gasteiger partial charge >= 0.3 is 5.97 Å². The minimum atomic E-state index is -0.582. The Kier molecular flexibility index (Phi) is 10.4. The van der Waals surface area contributed by atoms with Crippen LogP contribution in [0.25, 0.3) is 16.9 Å². The lowest BCUT2D eigenvalue weighted by molar-refractivity contribution is -0.156. The van der Waals surface area contributed by atoms with Crippen molar-refractivity contribution in [3.05, 3.63) is 87.1 Å². The number of amides is 1. The van der Waals surface area contributed by atoms with Crippen LogP contribution in [0.1, 0.15) is 58.1 Å². The van der Waals surface area contributed by atoms with Crippen LogP contribution >= 0.6 is 23.2 Å². The third kappa shape index (κ3) is 8.31. The summed E-state index contributed by atoms with van der Waals surface area (Å²) in [4.78, 5) is 48.9. The van der Waals surface area contributed by atoms with E-state index in [1.165, 1.54) is 10.7 Å². The lowest BCUT2D eigenvalue weighted by Crippen LogP contribution is -2.60.